The fourth-order valence-electron chi connectivity index (χ4n) is 2.16. The molecule has 2 heteroatoms. The van der Waals surface area contributed by atoms with Crippen molar-refractivity contribution < 1.29 is 4.79 Å². The van der Waals surface area contributed by atoms with Crippen LogP contribution in [-0.4, -0.2) is 10.9 Å². The number of hydrogen-bond acceptors (Lipinski definition) is 1. The van der Waals surface area contributed by atoms with Crippen molar-refractivity contribution in [1.82, 2.24) is 4.57 Å². The number of nitrogens with zero attached hydrogens (tertiary/aromatic N) is 1. The molecule has 0 fully saturated rings. The Bertz CT molecular complexity index is 496. The fraction of sp³-hybridized carbons (Fsp3) is 0.267. The first kappa shape index (κ1) is 11.6. The molecule has 2 aromatic rings. The van der Waals surface area contributed by atoms with Gasteiger partial charge in [0.1, 0.15) is 6.29 Å². The van der Waals surface area contributed by atoms with Gasteiger partial charge in [0.2, 0.25) is 0 Å². The summed E-state index contributed by atoms with van der Waals surface area (Å²) >= 11 is 0. The molecule has 0 amide bonds. The van der Waals surface area contributed by atoms with E-state index in [0.717, 1.165) is 6.29 Å². The number of benzene rings is 1. The van der Waals surface area contributed by atoms with Crippen LogP contribution in [0, 0.1) is 6.92 Å². The first-order chi connectivity index (χ1) is 8.22. The lowest BCUT2D eigenvalue weighted by Crippen LogP contribution is -2.06. The maximum absolute atomic E-state index is 10.9. The van der Waals surface area contributed by atoms with Gasteiger partial charge in [0.25, 0.3) is 0 Å². The van der Waals surface area contributed by atoms with Crippen molar-refractivity contribution in [2.24, 2.45) is 7.05 Å². The number of carbonyl (C=O) groups is 1. The molecule has 17 heavy (non-hydrogen) atoms. The molecule has 0 saturated carbocycles. The SMILES string of the molecule is Cc1ccc([C@H](CC=O)c2cccn2C)cc1. The van der Waals surface area contributed by atoms with E-state index in [1.54, 1.807) is 0 Å². The van der Waals surface area contributed by atoms with E-state index in [4.69, 9.17) is 0 Å². The average molecular weight is 227 g/mol. The molecular formula is C15H17NO. The second-order valence-electron chi connectivity index (χ2n) is 4.41. The molecule has 88 valence electrons. The zero-order chi connectivity index (χ0) is 12.3. The largest absolute Gasteiger partial charge is 0.354 e. The van der Waals surface area contributed by atoms with E-state index in [-0.39, 0.29) is 5.92 Å². The van der Waals surface area contributed by atoms with Crippen molar-refractivity contribution >= 4 is 6.29 Å². The first-order valence-corrected chi connectivity index (χ1v) is 5.84. The first-order valence-electron chi connectivity index (χ1n) is 5.84. The van der Waals surface area contributed by atoms with Crippen LogP contribution in [0.2, 0.25) is 0 Å². The van der Waals surface area contributed by atoms with Crippen LogP contribution in [0.4, 0.5) is 0 Å². The van der Waals surface area contributed by atoms with Crippen molar-refractivity contribution in [1.29, 1.82) is 0 Å². The van der Waals surface area contributed by atoms with Gasteiger partial charge in [-0.1, -0.05) is 29.8 Å². The smallest absolute Gasteiger partial charge is 0.120 e. The third-order valence-corrected chi connectivity index (χ3v) is 3.15. The van der Waals surface area contributed by atoms with Gasteiger partial charge in [-0.05, 0) is 24.6 Å². The summed E-state index contributed by atoms with van der Waals surface area (Å²) in [5.74, 6) is 0.160. The third kappa shape index (κ3) is 2.47. The number of rotatable bonds is 4. The van der Waals surface area contributed by atoms with Gasteiger partial charge in [0.05, 0.1) is 0 Å². The molecule has 1 aromatic heterocycles. The van der Waals surface area contributed by atoms with Gasteiger partial charge >= 0.3 is 0 Å². The summed E-state index contributed by atoms with van der Waals surface area (Å²) in [6.07, 6.45) is 3.54. The summed E-state index contributed by atoms with van der Waals surface area (Å²) in [6.45, 7) is 2.07. The molecular weight excluding hydrogens is 210 g/mol. The van der Waals surface area contributed by atoms with Crippen molar-refractivity contribution in [3.05, 3.63) is 59.4 Å². The quantitative estimate of drug-likeness (QED) is 0.736. The summed E-state index contributed by atoms with van der Waals surface area (Å²) < 4.78 is 2.08. The predicted molar refractivity (Wildman–Crippen MR) is 69.1 cm³/mol. The Morgan fingerprint density at radius 2 is 1.94 bits per heavy atom. The highest BCUT2D eigenvalue weighted by atomic mass is 16.1. The molecule has 1 atom stereocenters. The topological polar surface area (TPSA) is 22.0 Å². The number of aryl methyl sites for hydroxylation is 2. The molecule has 0 bridgehead atoms. The number of carbonyl (C=O) groups excluding carboxylic acids is 1. The Balaban J connectivity index is 2.38. The minimum atomic E-state index is 0.160. The Labute approximate surface area is 102 Å². The van der Waals surface area contributed by atoms with E-state index in [2.05, 4.69) is 41.8 Å². The van der Waals surface area contributed by atoms with Crippen LogP contribution < -0.4 is 0 Å². The Kier molecular flexibility index (Phi) is 3.43. The van der Waals surface area contributed by atoms with Gasteiger partial charge in [0, 0.05) is 31.3 Å². The predicted octanol–water partition coefficient (Wildman–Crippen LogP) is 3.05. The van der Waals surface area contributed by atoms with Crippen molar-refractivity contribution in [2.45, 2.75) is 19.3 Å². The van der Waals surface area contributed by atoms with Crippen LogP contribution in [0.3, 0.4) is 0 Å². The number of aldehydes is 1. The maximum atomic E-state index is 10.9. The summed E-state index contributed by atoms with van der Waals surface area (Å²) in [5.41, 5.74) is 3.62. The minimum Gasteiger partial charge on any atom is -0.354 e. The van der Waals surface area contributed by atoms with Crippen LogP contribution in [0.5, 0.6) is 0 Å². The van der Waals surface area contributed by atoms with E-state index < -0.39 is 0 Å². The van der Waals surface area contributed by atoms with Crippen LogP contribution in [0.15, 0.2) is 42.6 Å². The second-order valence-corrected chi connectivity index (χ2v) is 4.41. The lowest BCUT2D eigenvalue weighted by Gasteiger charge is -2.16. The normalized spacial score (nSPS) is 12.4. The third-order valence-electron chi connectivity index (χ3n) is 3.15. The molecule has 2 rings (SSSR count). The molecule has 0 aliphatic rings. The molecule has 1 aromatic carbocycles. The van der Waals surface area contributed by atoms with Crippen LogP contribution in [0.25, 0.3) is 0 Å². The maximum Gasteiger partial charge on any atom is 0.120 e. The van der Waals surface area contributed by atoms with Gasteiger partial charge in [-0.3, -0.25) is 0 Å². The summed E-state index contributed by atoms with van der Waals surface area (Å²) in [5, 5.41) is 0. The lowest BCUT2D eigenvalue weighted by molar-refractivity contribution is -0.108. The summed E-state index contributed by atoms with van der Waals surface area (Å²) in [6, 6.07) is 12.5. The average Bonchev–Trinajstić information content (AvgIpc) is 2.74. The van der Waals surface area contributed by atoms with Gasteiger partial charge in [-0.25, -0.2) is 0 Å². The number of hydrogen-bond donors (Lipinski definition) is 0. The standard InChI is InChI=1S/C15H17NO/c1-12-5-7-13(8-6-12)14(9-11-17)15-4-3-10-16(15)2/h3-8,10-11,14H,9H2,1-2H3/t14-/m0/s1. The highest BCUT2D eigenvalue weighted by molar-refractivity contribution is 5.53. The van der Waals surface area contributed by atoms with E-state index in [1.165, 1.54) is 16.8 Å². The Morgan fingerprint density at radius 1 is 1.24 bits per heavy atom. The molecule has 0 spiro atoms. The van der Waals surface area contributed by atoms with E-state index >= 15 is 0 Å². The van der Waals surface area contributed by atoms with Crippen LogP contribution in [0.1, 0.15) is 29.2 Å². The molecule has 0 aliphatic heterocycles. The Hall–Kier alpha value is -1.83. The fourth-order valence-corrected chi connectivity index (χ4v) is 2.16. The highest BCUT2D eigenvalue weighted by Crippen LogP contribution is 2.27. The van der Waals surface area contributed by atoms with Crippen LogP contribution >= 0.6 is 0 Å². The molecule has 1 heterocycles. The zero-order valence-corrected chi connectivity index (χ0v) is 10.3. The minimum absolute atomic E-state index is 0.160. The van der Waals surface area contributed by atoms with Gasteiger partial charge < -0.3 is 9.36 Å². The monoisotopic (exact) mass is 227 g/mol. The zero-order valence-electron chi connectivity index (χ0n) is 10.3. The van der Waals surface area contributed by atoms with Gasteiger partial charge in [0.15, 0.2) is 0 Å². The van der Waals surface area contributed by atoms with Gasteiger partial charge in [-0.15, -0.1) is 0 Å². The van der Waals surface area contributed by atoms with E-state index in [9.17, 15) is 4.79 Å². The molecule has 0 saturated heterocycles. The summed E-state index contributed by atoms with van der Waals surface area (Å²) in [4.78, 5) is 10.9. The van der Waals surface area contributed by atoms with E-state index in [1.807, 2.05) is 19.3 Å². The van der Waals surface area contributed by atoms with Crippen LogP contribution in [-0.2, 0) is 11.8 Å². The Morgan fingerprint density at radius 3 is 2.47 bits per heavy atom. The molecule has 0 radical (unpaired) electrons. The number of aromatic nitrogens is 1. The van der Waals surface area contributed by atoms with Crippen molar-refractivity contribution in [2.75, 3.05) is 0 Å². The second kappa shape index (κ2) is 5.00. The summed E-state index contributed by atoms with van der Waals surface area (Å²) in [7, 11) is 2.02. The molecule has 2 nitrogen and oxygen atoms in total. The molecule has 0 aliphatic carbocycles. The molecule has 0 unspecified atom stereocenters. The highest BCUT2D eigenvalue weighted by Gasteiger charge is 2.15. The van der Waals surface area contributed by atoms with E-state index in [0.29, 0.717) is 6.42 Å². The van der Waals surface area contributed by atoms with Crippen molar-refractivity contribution in [3.8, 4) is 0 Å². The van der Waals surface area contributed by atoms with Gasteiger partial charge in [-0.2, -0.15) is 0 Å². The lowest BCUT2D eigenvalue weighted by atomic mass is 9.92. The van der Waals surface area contributed by atoms with Crippen molar-refractivity contribution in [3.63, 3.8) is 0 Å². The molecule has 0 N–H and O–H groups in total.